The Kier molecular flexibility index (Phi) is 6.25. The van der Waals surface area contributed by atoms with E-state index in [1.54, 1.807) is 37.3 Å². The molecule has 1 amide bonds. The smallest absolute Gasteiger partial charge is 0.341 e. The Hall–Kier alpha value is -2.73. The van der Waals surface area contributed by atoms with Crippen LogP contribution in [0.25, 0.3) is 0 Å². The van der Waals surface area contributed by atoms with Gasteiger partial charge in [-0.2, -0.15) is 0 Å². The number of carbonyl (C=O) groups is 2. The third-order valence-corrected chi connectivity index (χ3v) is 3.59. The van der Waals surface area contributed by atoms with Crippen LogP contribution >= 0.6 is 11.6 Å². The van der Waals surface area contributed by atoms with E-state index >= 15 is 0 Å². The summed E-state index contributed by atoms with van der Waals surface area (Å²) in [5.74, 6) is -0.272. The molecule has 7 heteroatoms. The van der Waals surface area contributed by atoms with Gasteiger partial charge in [0.2, 0.25) is 0 Å². The van der Waals surface area contributed by atoms with E-state index in [2.05, 4.69) is 5.32 Å². The van der Waals surface area contributed by atoms with Gasteiger partial charge >= 0.3 is 5.97 Å². The van der Waals surface area contributed by atoms with Crippen LogP contribution in [0.5, 0.6) is 11.5 Å². The van der Waals surface area contributed by atoms with Crippen molar-refractivity contribution in [3.63, 3.8) is 0 Å². The van der Waals surface area contributed by atoms with Crippen LogP contribution in [0.4, 0.5) is 5.69 Å². The Morgan fingerprint density at radius 3 is 2.52 bits per heavy atom. The van der Waals surface area contributed by atoms with Crippen molar-refractivity contribution in [3.05, 3.63) is 53.1 Å². The molecule has 0 unspecified atom stereocenters. The summed E-state index contributed by atoms with van der Waals surface area (Å²) in [6.07, 6.45) is -0.866. The second-order valence-corrected chi connectivity index (χ2v) is 5.55. The highest BCUT2D eigenvalue weighted by molar-refractivity contribution is 6.30. The molecule has 132 valence electrons. The van der Waals surface area contributed by atoms with Crippen LogP contribution < -0.4 is 14.8 Å². The zero-order valence-corrected chi connectivity index (χ0v) is 14.8. The van der Waals surface area contributed by atoms with Crippen molar-refractivity contribution in [2.45, 2.75) is 13.0 Å². The van der Waals surface area contributed by atoms with Crippen molar-refractivity contribution in [2.75, 3.05) is 19.5 Å². The van der Waals surface area contributed by atoms with E-state index in [4.69, 9.17) is 25.8 Å². The minimum absolute atomic E-state index is 0.194. The fraction of sp³-hybridized carbons (Fsp3) is 0.222. The molecule has 0 spiro atoms. The van der Waals surface area contributed by atoms with Crippen LogP contribution in [-0.4, -0.2) is 32.2 Å². The van der Waals surface area contributed by atoms with E-state index in [-0.39, 0.29) is 17.2 Å². The predicted molar refractivity (Wildman–Crippen MR) is 94.5 cm³/mol. The Morgan fingerprint density at radius 2 is 1.88 bits per heavy atom. The minimum Gasteiger partial charge on any atom is -0.497 e. The summed E-state index contributed by atoms with van der Waals surface area (Å²) >= 11 is 5.89. The monoisotopic (exact) mass is 363 g/mol. The fourth-order valence-electron chi connectivity index (χ4n) is 2.06. The molecule has 0 aromatic heterocycles. The lowest BCUT2D eigenvalue weighted by Gasteiger charge is -2.17. The average molecular weight is 364 g/mol. The quantitative estimate of drug-likeness (QED) is 0.794. The van der Waals surface area contributed by atoms with E-state index in [1.165, 1.54) is 26.4 Å². The summed E-state index contributed by atoms with van der Waals surface area (Å²) in [7, 11) is 2.76. The van der Waals surface area contributed by atoms with E-state index in [0.29, 0.717) is 16.5 Å². The van der Waals surface area contributed by atoms with Crippen LogP contribution in [0, 0.1) is 0 Å². The molecule has 25 heavy (non-hydrogen) atoms. The van der Waals surface area contributed by atoms with Gasteiger partial charge in [0.25, 0.3) is 5.91 Å². The lowest BCUT2D eigenvalue weighted by Crippen LogP contribution is -2.30. The number of anilines is 1. The molecule has 2 rings (SSSR count). The van der Waals surface area contributed by atoms with Crippen LogP contribution in [0.3, 0.4) is 0 Å². The number of nitrogens with one attached hydrogen (secondary N) is 1. The average Bonchev–Trinajstić information content (AvgIpc) is 2.60. The number of hydrogen-bond acceptors (Lipinski definition) is 5. The van der Waals surface area contributed by atoms with Crippen LogP contribution in [0.2, 0.25) is 5.02 Å². The molecule has 0 aliphatic rings. The highest BCUT2D eigenvalue weighted by atomic mass is 35.5. The van der Waals surface area contributed by atoms with E-state index in [9.17, 15) is 9.59 Å². The number of rotatable bonds is 6. The molecule has 0 radical (unpaired) electrons. The second-order valence-electron chi connectivity index (χ2n) is 5.11. The first-order valence-electron chi connectivity index (χ1n) is 7.44. The Morgan fingerprint density at radius 1 is 1.12 bits per heavy atom. The summed E-state index contributed by atoms with van der Waals surface area (Å²) in [6.45, 7) is 1.57. The fourth-order valence-corrected chi connectivity index (χ4v) is 2.25. The topological polar surface area (TPSA) is 73.9 Å². The molecule has 2 aromatic carbocycles. The normalized spacial score (nSPS) is 11.4. The summed E-state index contributed by atoms with van der Waals surface area (Å²) in [4.78, 5) is 24.2. The molecule has 1 atom stereocenters. The molecule has 0 saturated carbocycles. The van der Waals surface area contributed by atoms with Crippen molar-refractivity contribution >= 4 is 29.2 Å². The number of benzene rings is 2. The maximum atomic E-state index is 12.3. The minimum atomic E-state index is -0.866. The van der Waals surface area contributed by atoms with Gasteiger partial charge in [-0.15, -0.1) is 0 Å². The van der Waals surface area contributed by atoms with E-state index < -0.39 is 12.1 Å². The van der Waals surface area contributed by atoms with Gasteiger partial charge in [0.1, 0.15) is 17.1 Å². The molecule has 0 fully saturated rings. The number of hydrogen-bond donors (Lipinski definition) is 1. The molecule has 0 aliphatic carbocycles. The maximum absolute atomic E-state index is 12.3. The summed E-state index contributed by atoms with van der Waals surface area (Å²) < 4.78 is 15.5. The summed E-state index contributed by atoms with van der Waals surface area (Å²) in [5, 5.41) is 3.20. The summed E-state index contributed by atoms with van der Waals surface area (Å²) in [6, 6.07) is 11.4. The third-order valence-electron chi connectivity index (χ3n) is 3.36. The molecule has 1 N–H and O–H groups in total. The van der Waals surface area contributed by atoms with Gasteiger partial charge in [-0.25, -0.2) is 4.79 Å². The van der Waals surface area contributed by atoms with E-state index in [1.807, 2.05) is 0 Å². The van der Waals surface area contributed by atoms with Crippen molar-refractivity contribution in [1.29, 1.82) is 0 Å². The zero-order chi connectivity index (χ0) is 18.4. The number of esters is 1. The van der Waals surface area contributed by atoms with Gasteiger partial charge < -0.3 is 19.5 Å². The third kappa shape index (κ3) is 4.87. The molecule has 2 aromatic rings. The number of amides is 1. The van der Waals surface area contributed by atoms with Crippen molar-refractivity contribution in [2.24, 2.45) is 0 Å². The van der Waals surface area contributed by atoms with Crippen LogP contribution in [-0.2, 0) is 9.53 Å². The lowest BCUT2D eigenvalue weighted by atomic mass is 10.2. The Balaban J connectivity index is 2.16. The first-order chi connectivity index (χ1) is 11.9. The standard InChI is InChI=1S/C18H18ClNO5/c1-11(17(21)20-13-6-4-5-12(19)9-13)25-16-10-14(23-2)7-8-15(16)18(22)24-3/h4-11H,1-3H3,(H,20,21)/t11-/m0/s1. The van der Waals surface area contributed by atoms with Crippen LogP contribution in [0.15, 0.2) is 42.5 Å². The van der Waals surface area contributed by atoms with Gasteiger partial charge in [0, 0.05) is 16.8 Å². The van der Waals surface area contributed by atoms with Crippen molar-refractivity contribution in [1.82, 2.24) is 0 Å². The number of halogens is 1. The van der Waals surface area contributed by atoms with Crippen molar-refractivity contribution in [3.8, 4) is 11.5 Å². The number of carbonyl (C=O) groups excluding carboxylic acids is 2. The zero-order valence-electron chi connectivity index (χ0n) is 14.0. The van der Waals surface area contributed by atoms with Crippen LogP contribution in [0.1, 0.15) is 17.3 Å². The Bertz CT molecular complexity index is 778. The maximum Gasteiger partial charge on any atom is 0.341 e. The van der Waals surface area contributed by atoms with Gasteiger partial charge in [-0.3, -0.25) is 4.79 Å². The van der Waals surface area contributed by atoms with Gasteiger partial charge in [-0.1, -0.05) is 17.7 Å². The second kappa shape index (κ2) is 8.39. The molecular formula is C18H18ClNO5. The number of ether oxygens (including phenoxy) is 3. The van der Waals surface area contributed by atoms with Gasteiger partial charge in [0.15, 0.2) is 6.10 Å². The molecule has 6 nitrogen and oxygen atoms in total. The largest absolute Gasteiger partial charge is 0.497 e. The molecule has 0 bridgehead atoms. The highest BCUT2D eigenvalue weighted by Gasteiger charge is 2.20. The molecule has 0 aliphatic heterocycles. The van der Waals surface area contributed by atoms with Gasteiger partial charge in [-0.05, 0) is 37.3 Å². The molecule has 0 saturated heterocycles. The summed E-state index contributed by atoms with van der Waals surface area (Å²) in [5.41, 5.74) is 0.748. The SMILES string of the molecule is COC(=O)c1ccc(OC)cc1O[C@@H](C)C(=O)Nc1cccc(Cl)c1. The predicted octanol–water partition coefficient (Wildman–Crippen LogP) is 3.54. The van der Waals surface area contributed by atoms with Gasteiger partial charge in [0.05, 0.1) is 14.2 Å². The molecular weight excluding hydrogens is 346 g/mol. The highest BCUT2D eigenvalue weighted by Crippen LogP contribution is 2.27. The Labute approximate surface area is 150 Å². The first kappa shape index (κ1) is 18.6. The number of methoxy groups -OCH3 is 2. The lowest BCUT2D eigenvalue weighted by molar-refractivity contribution is -0.122. The molecule has 0 heterocycles. The van der Waals surface area contributed by atoms with E-state index in [0.717, 1.165) is 0 Å². The van der Waals surface area contributed by atoms with Crippen molar-refractivity contribution < 1.29 is 23.8 Å². The first-order valence-corrected chi connectivity index (χ1v) is 7.82.